The highest BCUT2D eigenvalue weighted by atomic mass is 19.4. The van der Waals surface area contributed by atoms with Crippen LogP contribution < -0.4 is 0 Å². The normalized spacial score (nSPS) is 11.8. The van der Waals surface area contributed by atoms with E-state index in [9.17, 15) is 18.0 Å². The fourth-order valence-corrected chi connectivity index (χ4v) is 1.65. The topological polar surface area (TPSA) is 40.5 Å². The van der Waals surface area contributed by atoms with Gasteiger partial charge in [0.2, 0.25) is 0 Å². The second kappa shape index (κ2) is 7.13. The van der Waals surface area contributed by atoms with Crippen LogP contribution >= 0.6 is 0 Å². The SMILES string of the molecule is O=C(O)CCN(CCC(F)(F)F)Cc1ccccc1. The highest BCUT2D eigenvalue weighted by Crippen LogP contribution is 2.20. The Bertz CT molecular complexity index is 393. The van der Waals surface area contributed by atoms with Gasteiger partial charge in [-0.25, -0.2) is 0 Å². The van der Waals surface area contributed by atoms with Gasteiger partial charge in [-0.15, -0.1) is 0 Å². The number of hydrogen-bond donors (Lipinski definition) is 1. The van der Waals surface area contributed by atoms with Crippen molar-refractivity contribution in [3.8, 4) is 0 Å². The molecule has 1 aromatic rings. The second-order valence-electron chi connectivity index (χ2n) is 4.27. The molecule has 1 N–H and O–H groups in total. The summed E-state index contributed by atoms with van der Waals surface area (Å²) < 4.78 is 36.6. The minimum Gasteiger partial charge on any atom is -0.481 e. The van der Waals surface area contributed by atoms with E-state index in [0.717, 1.165) is 5.56 Å². The second-order valence-corrected chi connectivity index (χ2v) is 4.27. The van der Waals surface area contributed by atoms with E-state index in [1.807, 2.05) is 6.07 Å². The number of benzene rings is 1. The molecule has 0 aliphatic carbocycles. The highest BCUT2D eigenvalue weighted by molar-refractivity contribution is 5.66. The molecule has 6 heteroatoms. The Morgan fingerprint density at radius 1 is 1.16 bits per heavy atom. The zero-order chi connectivity index (χ0) is 14.3. The van der Waals surface area contributed by atoms with Gasteiger partial charge in [0.15, 0.2) is 0 Å². The standard InChI is InChI=1S/C13H16F3NO2/c14-13(15,16)7-9-17(8-6-12(18)19)10-11-4-2-1-3-5-11/h1-5H,6-10H2,(H,18,19). The van der Waals surface area contributed by atoms with Gasteiger partial charge in [-0.1, -0.05) is 30.3 Å². The predicted octanol–water partition coefficient (Wildman–Crippen LogP) is 2.92. The van der Waals surface area contributed by atoms with E-state index < -0.39 is 18.6 Å². The summed E-state index contributed by atoms with van der Waals surface area (Å²) in [7, 11) is 0. The van der Waals surface area contributed by atoms with Crippen molar-refractivity contribution in [1.29, 1.82) is 0 Å². The van der Waals surface area contributed by atoms with E-state index >= 15 is 0 Å². The third-order valence-corrected chi connectivity index (χ3v) is 2.60. The monoisotopic (exact) mass is 275 g/mol. The molecule has 0 saturated heterocycles. The Morgan fingerprint density at radius 3 is 2.32 bits per heavy atom. The summed E-state index contributed by atoms with van der Waals surface area (Å²) in [4.78, 5) is 12.0. The molecule has 19 heavy (non-hydrogen) atoms. The van der Waals surface area contributed by atoms with Gasteiger partial charge >= 0.3 is 12.1 Å². The molecule has 0 heterocycles. The molecule has 0 radical (unpaired) electrons. The van der Waals surface area contributed by atoms with Crippen molar-refractivity contribution in [3.05, 3.63) is 35.9 Å². The first-order valence-electron chi connectivity index (χ1n) is 5.91. The van der Waals surface area contributed by atoms with Crippen LogP contribution in [0.5, 0.6) is 0 Å². The van der Waals surface area contributed by atoms with Crippen molar-refractivity contribution in [2.75, 3.05) is 13.1 Å². The molecule has 0 aliphatic rings. The lowest BCUT2D eigenvalue weighted by atomic mass is 10.2. The maximum Gasteiger partial charge on any atom is 0.390 e. The minimum absolute atomic E-state index is 0.111. The van der Waals surface area contributed by atoms with E-state index in [1.54, 1.807) is 24.3 Å². The summed E-state index contributed by atoms with van der Waals surface area (Å²) in [6, 6.07) is 9.03. The van der Waals surface area contributed by atoms with Crippen molar-refractivity contribution < 1.29 is 23.1 Å². The van der Waals surface area contributed by atoms with E-state index in [0.29, 0.717) is 6.54 Å². The van der Waals surface area contributed by atoms with Gasteiger partial charge in [-0.2, -0.15) is 13.2 Å². The quantitative estimate of drug-likeness (QED) is 0.831. The third kappa shape index (κ3) is 7.46. The van der Waals surface area contributed by atoms with Crippen LogP contribution in [0.4, 0.5) is 13.2 Å². The average Bonchev–Trinajstić information content (AvgIpc) is 2.33. The molecular weight excluding hydrogens is 259 g/mol. The first-order valence-corrected chi connectivity index (χ1v) is 5.91. The number of halogens is 3. The zero-order valence-corrected chi connectivity index (χ0v) is 10.4. The van der Waals surface area contributed by atoms with Gasteiger partial charge in [-0.3, -0.25) is 9.69 Å². The summed E-state index contributed by atoms with van der Waals surface area (Å²) in [5.74, 6) is -1.01. The maximum absolute atomic E-state index is 12.2. The van der Waals surface area contributed by atoms with E-state index in [2.05, 4.69) is 0 Å². The van der Waals surface area contributed by atoms with Crippen LogP contribution in [0.2, 0.25) is 0 Å². The lowest BCUT2D eigenvalue weighted by Crippen LogP contribution is -2.30. The molecule has 1 aromatic carbocycles. The molecule has 0 unspecified atom stereocenters. The number of hydrogen-bond acceptors (Lipinski definition) is 2. The van der Waals surface area contributed by atoms with Crippen LogP contribution in [0, 0.1) is 0 Å². The number of alkyl halides is 3. The van der Waals surface area contributed by atoms with Crippen molar-refractivity contribution in [2.24, 2.45) is 0 Å². The Hall–Kier alpha value is -1.56. The Kier molecular flexibility index (Phi) is 5.82. The summed E-state index contributed by atoms with van der Waals surface area (Å²) in [5.41, 5.74) is 0.870. The van der Waals surface area contributed by atoms with Crippen molar-refractivity contribution >= 4 is 5.97 Å². The van der Waals surface area contributed by atoms with Crippen molar-refractivity contribution in [2.45, 2.75) is 25.6 Å². The lowest BCUT2D eigenvalue weighted by Gasteiger charge is -2.22. The van der Waals surface area contributed by atoms with Crippen molar-refractivity contribution in [3.63, 3.8) is 0 Å². The molecule has 0 aliphatic heterocycles. The number of carbonyl (C=O) groups is 1. The molecule has 1 rings (SSSR count). The third-order valence-electron chi connectivity index (χ3n) is 2.60. The Balaban J connectivity index is 2.55. The molecule has 0 fully saturated rings. The van der Waals surface area contributed by atoms with Crippen LogP contribution in [0.25, 0.3) is 0 Å². The molecule has 0 atom stereocenters. The van der Waals surface area contributed by atoms with Crippen LogP contribution in [0.3, 0.4) is 0 Å². The largest absolute Gasteiger partial charge is 0.481 e. The summed E-state index contributed by atoms with van der Waals surface area (Å²) in [6.45, 7) is 0.246. The number of rotatable bonds is 7. The van der Waals surface area contributed by atoms with E-state index in [4.69, 9.17) is 5.11 Å². The van der Waals surface area contributed by atoms with E-state index in [-0.39, 0.29) is 19.5 Å². The van der Waals surface area contributed by atoms with Gasteiger partial charge in [-0.05, 0) is 5.56 Å². The summed E-state index contributed by atoms with van der Waals surface area (Å²) >= 11 is 0. The van der Waals surface area contributed by atoms with Gasteiger partial charge in [0.25, 0.3) is 0 Å². The van der Waals surface area contributed by atoms with Gasteiger partial charge in [0.05, 0.1) is 12.8 Å². The average molecular weight is 275 g/mol. The van der Waals surface area contributed by atoms with Gasteiger partial charge in [0, 0.05) is 19.6 Å². The molecule has 0 saturated carbocycles. The first-order chi connectivity index (χ1) is 8.87. The maximum atomic E-state index is 12.2. The summed E-state index contributed by atoms with van der Waals surface area (Å²) in [5, 5.41) is 8.61. The molecular formula is C13H16F3NO2. The lowest BCUT2D eigenvalue weighted by molar-refractivity contribution is -0.139. The smallest absolute Gasteiger partial charge is 0.390 e. The van der Waals surface area contributed by atoms with Crippen molar-refractivity contribution in [1.82, 2.24) is 4.90 Å². The van der Waals surface area contributed by atoms with Crippen LogP contribution in [0.1, 0.15) is 18.4 Å². The summed E-state index contributed by atoms with van der Waals surface area (Å²) in [6.07, 6.45) is -5.32. The molecule has 106 valence electrons. The molecule has 0 amide bonds. The number of carboxylic acid groups (broad SMARTS) is 1. The number of aliphatic carboxylic acids is 1. The molecule has 0 aromatic heterocycles. The Labute approximate surface area is 109 Å². The van der Waals surface area contributed by atoms with Gasteiger partial charge < -0.3 is 5.11 Å². The van der Waals surface area contributed by atoms with Crippen LogP contribution in [0.15, 0.2) is 30.3 Å². The minimum atomic E-state index is -4.22. The molecule has 0 bridgehead atoms. The van der Waals surface area contributed by atoms with Crippen LogP contribution in [-0.4, -0.2) is 35.2 Å². The first kappa shape index (κ1) is 15.5. The molecule has 3 nitrogen and oxygen atoms in total. The van der Waals surface area contributed by atoms with Gasteiger partial charge in [0.1, 0.15) is 0 Å². The fraction of sp³-hybridized carbons (Fsp3) is 0.462. The Morgan fingerprint density at radius 2 is 1.79 bits per heavy atom. The highest BCUT2D eigenvalue weighted by Gasteiger charge is 2.27. The fourth-order valence-electron chi connectivity index (χ4n) is 1.65. The van der Waals surface area contributed by atoms with E-state index in [1.165, 1.54) is 4.90 Å². The predicted molar refractivity (Wildman–Crippen MR) is 64.6 cm³/mol. The number of nitrogens with zero attached hydrogens (tertiary/aromatic N) is 1. The molecule has 0 spiro atoms. The van der Waals surface area contributed by atoms with Crippen LogP contribution in [-0.2, 0) is 11.3 Å². The zero-order valence-electron chi connectivity index (χ0n) is 10.4. The number of carboxylic acids is 1.